The molecular weight excluding hydrogens is 280 g/mol. The summed E-state index contributed by atoms with van der Waals surface area (Å²) < 4.78 is 0. The molecule has 0 aliphatic rings. The summed E-state index contributed by atoms with van der Waals surface area (Å²) in [6.45, 7) is 1.90. The van der Waals surface area contributed by atoms with Gasteiger partial charge in [-0.3, -0.25) is 4.79 Å². The van der Waals surface area contributed by atoms with Crippen molar-refractivity contribution in [3.63, 3.8) is 0 Å². The maximum atomic E-state index is 11.8. The molecule has 5 nitrogen and oxygen atoms in total. The van der Waals surface area contributed by atoms with E-state index in [0.29, 0.717) is 19.3 Å². The maximum absolute atomic E-state index is 11.8. The number of nitrogens with zero attached hydrogens (tertiary/aromatic N) is 1. The van der Waals surface area contributed by atoms with Crippen LogP contribution in [0.1, 0.15) is 38.2 Å². The van der Waals surface area contributed by atoms with Gasteiger partial charge >= 0.3 is 5.97 Å². The first-order valence-corrected chi connectivity index (χ1v) is 7.72. The lowest BCUT2D eigenvalue weighted by molar-refractivity contribution is -0.142. The number of hydrogen-bond acceptors (Lipinski definition) is 3. The molecule has 1 aromatic carbocycles. The third kappa shape index (κ3) is 6.16. The minimum absolute atomic E-state index is 0.189. The zero-order valence-corrected chi connectivity index (χ0v) is 13.6. The van der Waals surface area contributed by atoms with Crippen LogP contribution >= 0.6 is 0 Å². The fourth-order valence-electron chi connectivity index (χ4n) is 2.23. The van der Waals surface area contributed by atoms with Gasteiger partial charge in [-0.2, -0.15) is 0 Å². The summed E-state index contributed by atoms with van der Waals surface area (Å²) in [5.41, 5.74) is 2.33. The lowest BCUT2D eigenvalue weighted by Crippen LogP contribution is -2.40. The molecule has 0 aliphatic carbocycles. The van der Waals surface area contributed by atoms with E-state index in [2.05, 4.69) is 29.6 Å². The van der Waals surface area contributed by atoms with Crippen LogP contribution in [-0.4, -0.2) is 37.1 Å². The minimum atomic E-state index is -0.963. The minimum Gasteiger partial charge on any atom is -0.480 e. The van der Waals surface area contributed by atoms with Gasteiger partial charge in [0.2, 0.25) is 5.91 Å². The summed E-state index contributed by atoms with van der Waals surface area (Å²) in [5.74, 6) is -1.15. The van der Waals surface area contributed by atoms with Crippen molar-refractivity contribution < 1.29 is 14.7 Å². The monoisotopic (exact) mass is 306 g/mol. The molecule has 0 saturated carbocycles. The predicted molar refractivity (Wildman–Crippen MR) is 88.2 cm³/mol. The van der Waals surface area contributed by atoms with E-state index in [1.54, 1.807) is 0 Å². The largest absolute Gasteiger partial charge is 0.480 e. The van der Waals surface area contributed by atoms with Gasteiger partial charge in [-0.15, -0.1) is 0 Å². The van der Waals surface area contributed by atoms with Crippen LogP contribution in [0.3, 0.4) is 0 Å². The molecule has 2 N–H and O–H groups in total. The first kappa shape index (κ1) is 18.0. The number of anilines is 1. The summed E-state index contributed by atoms with van der Waals surface area (Å²) in [6, 6.07) is 7.46. The Bertz CT molecular complexity index is 483. The van der Waals surface area contributed by atoms with Crippen molar-refractivity contribution in [2.45, 2.75) is 45.1 Å². The highest BCUT2D eigenvalue weighted by molar-refractivity contribution is 5.83. The molecule has 0 aliphatic heterocycles. The highest BCUT2D eigenvalue weighted by Crippen LogP contribution is 2.14. The van der Waals surface area contributed by atoms with Gasteiger partial charge in [0.25, 0.3) is 0 Å². The van der Waals surface area contributed by atoms with E-state index in [-0.39, 0.29) is 5.91 Å². The molecule has 0 heterocycles. The van der Waals surface area contributed by atoms with Crippen LogP contribution in [0.25, 0.3) is 0 Å². The van der Waals surface area contributed by atoms with Gasteiger partial charge in [-0.05, 0) is 37.0 Å². The van der Waals surface area contributed by atoms with Gasteiger partial charge in [-0.25, -0.2) is 4.79 Å². The normalized spacial score (nSPS) is 11.8. The van der Waals surface area contributed by atoms with Gasteiger partial charge < -0.3 is 15.3 Å². The van der Waals surface area contributed by atoms with Crippen LogP contribution in [0.5, 0.6) is 0 Å². The molecule has 1 aromatic rings. The number of aliphatic carboxylic acids is 1. The topological polar surface area (TPSA) is 69.6 Å². The van der Waals surface area contributed by atoms with E-state index >= 15 is 0 Å². The summed E-state index contributed by atoms with van der Waals surface area (Å²) in [6.07, 6.45) is 3.07. The van der Waals surface area contributed by atoms with E-state index in [1.165, 1.54) is 5.56 Å². The van der Waals surface area contributed by atoms with Crippen LogP contribution < -0.4 is 10.2 Å². The van der Waals surface area contributed by atoms with Crippen LogP contribution in [-0.2, 0) is 16.0 Å². The Morgan fingerprint density at radius 1 is 1.23 bits per heavy atom. The van der Waals surface area contributed by atoms with Gasteiger partial charge in [0.15, 0.2) is 0 Å². The molecule has 0 saturated heterocycles. The Kier molecular flexibility index (Phi) is 7.43. The summed E-state index contributed by atoms with van der Waals surface area (Å²) >= 11 is 0. The highest BCUT2D eigenvalue weighted by Gasteiger charge is 2.18. The number of carbonyl (C=O) groups excluding carboxylic acids is 1. The number of carboxylic acids is 1. The zero-order valence-electron chi connectivity index (χ0n) is 13.6. The summed E-state index contributed by atoms with van der Waals surface area (Å²) in [5, 5.41) is 11.6. The smallest absolute Gasteiger partial charge is 0.326 e. The Morgan fingerprint density at radius 3 is 2.36 bits per heavy atom. The standard InChI is InChI=1S/C17H26N2O3/c1-4-6-15(17(21)22)18-16(20)8-5-7-13-9-11-14(12-10-13)19(2)3/h9-12,15H,4-8H2,1-3H3,(H,18,20)(H,21,22). The average molecular weight is 306 g/mol. The van der Waals surface area contributed by atoms with Crippen molar-refractivity contribution in [3.05, 3.63) is 29.8 Å². The molecule has 1 rings (SSSR count). The summed E-state index contributed by atoms with van der Waals surface area (Å²) in [7, 11) is 3.99. The number of nitrogens with one attached hydrogen (secondary N) is 1. The Morgan fingerprint density at radius 2 is 1.86 bits per heavy atom. The molecule has 0 radical (unpaired) electrons. The van der Waals surface area contributed by atoms with Crippen molar-refractivity contribution in [3.8, 4) is 0 Å². The zero-order chi connectivity index (χ0) is 16.5. The second kappa shape index (κ2) is 9.07. The van der Waals surface area contributed by atoms with Crippen LogP contribution in [0, 0.1) is 0 Å². The Balaban J connectivity index is 2.36. The van der Waals surface area contributed by atoms with E-state index < -0.39 is 12.0 Å². The Labute approximate surface area is 132 Å². The maximum Gasteiger partial charge on any atom is 0.326 e. The number of benzene rings is 1. The molecule has 1 amide bonds. The lowest BCUT2D eigenvalue weighted by Gasteiger charge is -2.14. The first-order chi connectivity index (χ1) is 10.4. The Hall–Kier alpha value is -2.04. The number of carboxylic acid groups (broad SMARTS) is 1. The SMILES string of the molecule is CCCC(NC(=O)CCCc1ccc(N(C)C)cc1)C(=O)O. The molecule has 22 heavy (non-hydrogen) atoms. The van der Waals surface area contributed by atoms with Crippen molar-refractivity contribution in [1.29, 1.82) is 0 Å². The molecule has 0 bridgehead atoms. The van der Waals surface area contributed by atoms with E-state index in [4.69, 9.17) is 5.11 Å². The molecule has 1 atom stereocenters. The van der Waals surface area contributed by atoms with Crippen molar-refractivity contribution in [2.24, 2.45) is 0 Å². The van der Waals surface area contributed by atoms with Crippen molar-refractivity contribution >= 4 is 17.6 Å². The fourth-order valence-corrected chi connectivity index (χ4v) is 2.23. The molecule has 0 aromatic heterocycles. The van der Waals surface area contributed by atoms with Gasteiger partial charge in [0.05, 0.1) is 0 Å². The summed E-state index contributed by atoms with van der Waals surface area (Å²) in [4.78, 5) is 24.8. The molecule has 0 spiro atoms. The van der Waals surface area contributed by atoms with Gasteiger partial charge in [-0.1, -0.05) is 25.5 Å². The second-order valence-corrected chi connectivity index (χ2v) is 5.66. The molecule has 1 unspecified atom stereocenters. The second-order valence-electron chi connectivity index (χ2n) is 5.66. The number of hydrogen-bond donors (Lipinski definition) is 2. The quantitative estimate of drug-likeness (QED) is 0.735. The van der Waals surface area contributed by atoms with E-state index in [0.717, 1.165) is 18.5 Å². The van der Waals surface area contributed by atoms with Crippen LogP contribution in [0.4, 0.5) is 5.69 Å². The van der Waals surface area contributed by atoms with E-state index in [9.17, 15) is 9.59 Å². The van der Waals surface area contributed by atoms with Crippen LogP contribution in [0.2, 0.25) is 0 Å². The highest BCUT2D eigenvalue weighted by atomic mass is 16.4. The van der Waals surface area contributed by atoms with Crippen molar-refractivity contribution in [1.82, 2.24) is 5.32 Å². The average Bonchev–Trinajstić information content (AvgIpc) is 2.47. The molecule has 122 valence electrons. The molecule has 5 heteroatoms. The third-order valence-corrected chi connectivity index (χ3v) is 3.53. The van der Waals surface area contributed by atoms with Gasteiger partial charge in [0, 0.05) is 26.2 Å². The first-order valence-electron chi connectivity index (χ1n) is 7.72. The number of aryl methyl sites for hydroxylation is 1. The van der Waals surface area contributed by atoms with Gasteiger partial charge in [0.1, 0.15) is 6.04 Å². The number of rotatable bonds is 9. The number of amides is 1. The van der Waals surface area contributed by atoms with Crippen molar-refractivity contribution in [2.75, 3.05) is 19.0 Å². The van der Waals surface area contributed by atoms with E-state index in [1.807, 2.05) is 25.9 Å². The predicted octanol–water partition coefficient (Wildman–Crippen LogP) is 2.44. The fraction of sp³-hybridized carbons (Fsp3) is 0.529. The van der Waals surface area contributed by atoms with Crippen LogP contribution in [0.15, 0.2) is 24.3 Å². The number of carbonyl (C=O) groups is 2. The lowest BCUT2D eigenvalue weighted by atomic mass is 10.1. The molecule has 0 fully saturated rings. The molecular formula is C17H26N2O3. The third-order valence-electron chi connectivity index (χ3n) is 3.53.